The van der Waals surface area contributed by atoms with Gasteiger partial charge in [0.15, 0.2) is 0 Å². The molecular weight excluding hydrogens is 178 g/mol. The summed E-state index contributed by atoms with van der Waals surface area (Å²) in [7, 11) is 0. The Balaban J connectivity index is 1.76. The van der Waals surface area contributed by atoms with E-state index in [1.807, 2.05) is 0 Å². The SMILES string of the molecule is OCC1CCN(C2CCCCO2)CC1. The molecule has 2 saturated heterocycles. The molecule has 14 heavy (non-hydrogen) atoms. The maximum absolute atomic E-state index is 9.04. The molecule has 0 aliphatic carbocycles. The third kappa shape index (κ3) is 2.47. The van der Waals surface area contributed by atoms with Crippen molar-refractivity contribution in [3.63, 3.8) is 0 Å². The summed E-state index contributed by atoms with van der Waals surface area (Å²) < 4.78 is 5.75. The average molecular weight is 199 g/mol. The van der Waals surface area contributed by atoms with Crippen LogP contribution in [0.15, 0.2) is 0 Å². The Bertz CT molecular complexity index is 161. The van der Waals surface area contributed by atoms with Crippen molar-refractivity contribution in [1.29, 1.82) is 0 Å². The zero-order valence-electron chi connectivity index (χ0n) is 8.82. The van der Waals surface area contributed by atoms with Gasteiger partial charge in [-0.1, -0.05) is 0 Å². The van der Waals surface area contributed by atoms with E-state index in [0.717, 1.165) is 32.5 Å². The van der Waals surface area contributed by atoms with Crippen LogP contribution in [0.5, 0.6) is 0 Å². The Morgan fingerprint density at radius 2 is 1.93 bits per heavy atom. The number of ether oxygens (including phenoxy) is 1. The number of aliphatic hydroxyl groups excluding tert-OH is 1. The smallest absolute Gasteiger partial charge is 0.110 e. The first-order chi connectivity index (χ1) is 6.90. The minimum Gasteiger partial charge on any atom is -0.396 e. The van der Waals surface area contributed by atoms with Crippen LogP contribution in [0.3, 0.4) is 0 Å². The van der Waals surface area contributed by atoms with Crippen molar-refractivity contribution in [3.8, 4) is 0 Å². The normalized spacial score (nSPS) is 31.9. The number of piperidine rings is 1. The summed E-state index contributed by atoms with van der Waals surface area (Å²) in [6.07, 6.45) is 6.38. The fraction of sp³-hybridized carbons (Fsp3) is 1.00. The van der Waals surface area contributed by atoms with Crippen LogP contribution in [0.1, 0.15) is 32.1 Å². The molecule has 1 N–H and O–H groups in total. The lowest BCUT2D eigenvalue weighted by molar-refractivity contribution is -0.0975. The van der Waals surface area contributed by atoms with Crippen molar-refractivity contribution < 1.29 is 9.84 Å². The quantitative estimate of drug-likeness (QED) is 0.725. The van der Waals surface area contributed by atoms with E-state index in [0.29, 0.717) is 18.8 Å². The fourth-order valence-electron chi connectivity index (χ4n) is 2.44. The third-order valence-electron chi connectivity index (χ3n) is 3.47. The number of rotatable bonds is 2. The number of likely N-dealkylation sites (tertiary alicyclic amines) is 1. The van der Waals surface area contributed by atoms with Crippen LogP contribution in [0.25, 0.3) is 0 Å². The molecule has 1 unspecified atom stereocenters. The molecule has 0 radical (unpaired) electrons. The van der Waals surface area contributed by atoms with Gasteiger partial charge in [0, 0.05) is 26.3 Å². The van der Waals surface area contributed by atoms with Gasteiger partial charge >= 0.3 is 0 Å². The highest BCUT2D eigenvalue weighted by molar-refractivity contribution is 4.75. The molecule has 2 rings (SSSR count). The minimum atomic E-state index is 0.360. The molecule has 0 aromatic rings. The van der Waals surface area contributed by atoms with Crippen LogP contribution >= 0.6 is 0 Å². The maximum Gasteiger partial charge on any atom is 0.110 e. The minimum absolute atomic E-state index is 0.360. The Labute approximate surface area is 86.0 Å². The van der Waals surface area contributed by atoms with E-state index < -0.39 is 0 Å². The highest BCUT2D eigenvalue weighted by Crippen LogP contribution is 2.23. The molecule has 0 saturated carbocycles. The zero-order valence-corrected chi connectivity index (χ0v) is 8.82. The van der Waals surface area contributed by atoms with Crippen molar-refractivity contribution in [2.45, 2.75) is 38.3 Å². The van der Waals surface area contributed by atoms with E-state index in [1.54, 1.807) is 0 Å². The first kappa shape index (κ1) is 10.4. The zero-order chi connectivity index (χ0) is 9.80. The molecule has 0 amide bonds. The van der Waals surface area contributed by atoms with Crippen LogP contribution in [0, 0.1) is 5.92 Å². The van der Waals surface area contributed by atoms with Gasteiger partial charge in [-0.15, -0.1) is 0 Å². The molecule has 2 heterocycles. The first-order valence-corrected chi connectivity index (χ1v) is 5.86. The van der Waals surface area contributed by atoms with E-state index in [-0.39, 0.29) is 0 Å². The second kappa shape index (κ2) is 5.10. The molecule has 3 heteroatoms. The van der Waals surface area contributed by atoms with Gasteiger partial charge in [-0.3, -0.25) is 4.90 Å². The molecule has 2 aliphatic rings. The van der Waals surface area contributed by atoms with Crippen LogP contribution in [-0.4, -0.2) is 42.5 Å². The Morgan fingerprint density at radius 3 is 2.50 bits per heavy atom. The Hall–Kier alpha value is -0.120. The molecule has 82 valence electrons. The van der Waals surface area contributed by atoms with Crippen molar-refractivity contribution >= 4 is 0 Å². The summed E-state index contributed by atoms with van der Waals surface area (Å²) >= 11 is 0. The molecule has 0 spiro atoms. The number of hydrogen-bond acceptors (Lipinski definition) is 3. The van der Waals surface area contributed by atoms with E-state index in [1.165, 1.54) is 19.3 Å². The molecule has 2 aliphatic heterocycles. The van der Waals surface area contributed by atoms with Crippen LogP contribution < -0.4 is 0 Å². The molecule has 0 aromatic carbocycles. The lowest BCUT2D eigenvalue weighted by atomic mass is 9.97. The second-order valence-corrected chi connectivity index (χ2v) is 4.48. The van der Waals surface area contributed by atoms with E-state index in [9.17, 15) is 0 Å². The fourth-order valence-corrected chi connectivity index (χ4v) is 2.44. The standard InChI is InChI=1S/C11H21NO2/c13-9-10-4-6-12(7-5-10)11-3-1-2-8-14-11/h10-11,13H,1-9H2. The molecule has 0 aromatic heterocycles. The van der Waals surface area contributed by atoms with Gasteiger partial charge in [0.1, 0.15) is 6.23 Å². The van der Waals surface area contributed by atoms with Gasteiger partial charge in [0.25, 0.3) is 0 Å². The predicted octanol–water partition coefficient (Wildman–Crippen LogP) is 1.22. The summed E-state index contributed by atoms with van der Waals surface area (Å²) in [5.41, 5.74) is 0. The first-order valence-electron chi connectivity index (χ1n) is 5.86. The van der Waals surface area contributed by atoms with Crippen molar-refractivity contribution in [1.82, 2.24) is 4.90 Å². The topological polar surface area (TPSA) is 32.7 Å². The lowest BCUT2D eigenvalue weighted by Gasteiger charge is -2.38. The third-order valence-corrected chi connectivity index (χ3v) is 3.47. The maximum atomic E-state index is 9.04. The number of aliphatic hydroxyl groups is 1. The van der Waals surface area contributed by atoms with Gasteiger partial charge in [-0.25, -0.2) is 0 Å². The number of nitrogens with zero attached hydrogens (tertiary/aromatic N) is 1. The Morgan fingerprint density at radius 1 is 1.14 bits per heavy atom. The molecule has 1 atom stereocenters. The average Bonchev–Trinajstić information content (AvgIpc) is 2.30. The van der Waals surface area contributed by atoms with E-state index in [2.05, 4.69) is 4.90 Å². The van der Waals surface area contributed by atoms with Crippen LogP contribution in [0.4, 0.5) is 0 Å². The van der Waals surface area contributed by atoms with Crippen molar-refractivity contribution in [3.05, 3.63) is 0 Å². The van der Waals surface area contributed by atoms with E-state index in [4.69, 9.17) is 9.84 Å². The van der Waals surface area contributed by atoms with Crippen molar-refractivity contribution in [2.24, 2.45) is 5.92 Å². The summed E-state index contributed by atoms with van der Waals surface area (Å²) in [6.45, 7) is 3.51. The van der Waals surface area contributed by atoms with Gasteiger partial charge in [0.05, 0.1) is 0 Å². The number of hydrogen-bond donors (Lipinski definition) is 1. The molecule has 3 nitrogen and oxygen atoms in total. The van der Waals surface area contributed by atoms with Gasteiger partial charge < -0.3 is 9.84 Å². The summed E-state index contributed by atoms with van der Waals surface area (Å²) in [6, 6.07) is 0. The van der Waals surface area contributed by atoms with Gasteiger partial charge in [-0.2, -0.15) is 0 Å². The highest BCUT2D eigenvalue weighted by atomic mass is 16.5. The van der Waals surface area contributed by atoms with Gasteiger partial charge in [-0.05, 0) is 38.0 Å². The van der Waals surface area contributed by atoms with Crippen LogP contribution in [-0.2, 0) is 4.74 Å². The van der Waals surface area contributed by atoms with Gasteiger partial charge in [0.2, 0.25) is 0 Å². The van der Waals surface area contributed by atoms with Crippen molar-refractivity contribution in [2.75, 3.05) is 26.3 Å². The second-order valence-electron chi connectivity index (χ2n) is 4.48. The molecule has 2 fully saturated rings. The summed E-state index contributed by atoms with van der Waals surface area (Å²) in [5.74, 6) is 0.537. The predicted molar refractivity (Wildman–Crippen MR) is 55.0 cm³/mol. The monoisotopic (exact) mass is 199 g/mol. The molecular formula is C11H21NO2. The largest absolute Gasteiger partial charge is 0.396 e. The summed E-state index contributed by atoms with van der Waals surface area (Å²) in [5, 5.41) is 9.04. The van der Waals surface area contributed by atoms with Crippen LogP contribution in [0.2, 0.25) is 0 Å². The lowest BCUT2D eigenvalue weighted by Crippen LogP contribution is -2.44. The highest BCUT2D eigenvalue weighted by Gasteiger charge is 2.26. The Kier molecular flexibility index (Phi) is 3.79. The molecule has 0 bridgehead atoms. The van der Waals surface area contributed by atoms with E-state index >= 15 is 0 Å². The summed E-state index contributed by atoms with van der Waals surface area (Å²) in [4.78, 5) is 2.45.